The topological polar surface area (TPSA) is 24.9 Å². The number of halogens is 1. The van der Waals surface area contributed by atoms with E-state index in [1.807, 2.05) is 24.0 Å². The second-order valence-electron chi connectivity index (χ2n) is 4.94. The number of hydrogen-bond donors (Lipinski definition) is 1. The van der Waals surface area contributed by atoms with E-state index in [1.54, 1.807) is 0 Å². The lowest BCUT2D eigenvalue weighted by Crippen LogP contribution is -2.34. The fourth-order valence-electron chi connectivity index (χ4n) is 2.04. The number of thioether (sulfide) groups is 1. The summed E-state index contributed by atoms with van der Waals surface area (Å²) in [6.07, 6.45) is 4.00. The van der Waals surface area contributed by atoms with Crippen molar-refractivity contribution in [1.29, 1.82) is 0 Å². The van der Waals surface area contributed by atoms with Crippen LogP contribution in [0.1, 0.15) is 19.0 Å². The maximum Gasteiger partial charge on any atom is 0.0419 e. The van der Waals surface area contributed by atoms with E-state index in [4.69, 9.17) is 0 Å². The maximum absolute atomic E-state index is 4.44. The Labute approximate surface area is 139 Å². The largest absolute Gasteiger partial charge is 0.313 e. The van der Waals surface area contributed by atoms with Gasteiger partial charge in [0.1, 0.15) is 0 Å². The molecule has 0 aliphatic carbocycles. The molecule has 0 saturated heterocycles. The van der Waals surface area contributed by atoms with Gasteiger partial charge in [-0.15, -0.1) is 11.8 Å². The molecule has 0 aliphatic rings. The van der Waals surface area contributed by atoms with Crippen LogP contribution in [0, 0.1) is 0 Å². The van der Waals surface area contributed by atoms with Gasteiger partial charge in [-0.05, 0) is 49.4 Å². The van der Waals surface area contributed by atoms with Crippen molar-refractivity contribution in [2.75, 3.05) is 12.3 Å². The molecule has 2 nitrogen and oxygen atoms in total. The van der Waals surface area contributed by atoms with Gasteiger partial charge in [0.25, 0.3) is 0 Å². The molecular formula is C17H21BrN2S. The van der Waals surface area contributed by atoms with Crippen molar-refractivity contribution >= 4 is 27.7 Å². The smallest absolute Gasteiger partial charge is 0.0419 e. The molecule has 1 atom stereocenters. The van der Waals surface area contributed by atoms with Crippen LogP contribution in [0.2, 0.25) is 0 Å². The Bertz CT molecular complexity index is 516. The minimum absolute atomic E-state index is 0.452. The van der Waals surface area contributed by atoms with Gasteiger partial charge in [-0.2, -0.15) is 0 Å². The zero-order valence-electron chi connectivity index (χ0n) is 12.3. The Morgan fingerprint density at radius 1 is 1.19 bits per heavy atom. The Morgan fingerprint density at radius 3 is 2.67 bits per heavy atom. The van der Waals surface area contributed by atoms with Crippen LogP contribution in [0.15, 0.2) is 58.0 Å². The fraction of sp³-hybridized carbons (Fsp3) is 0.353. The molecular weight excluding hydrogens is 344 g/mol. The number of hydrogen-bond acceptors (Lipinski definition) is 3. The molecule has 0 bridgehead atoms. The molecule has 1 aromatic carbocycles. The van der Waals surface area contributed by atoms with Crippen LogP contribution in [0.3, 0.4) is 0 Å². The van der Waals surface area contributed by atoms with E-state index in [1.165, 1.54) is 4.90 Å². The quantitative estimate of drug-likeness (QED) is 0.695. The average Bonchev–Trinajstić information content (AvgIpc) is 2.52. The first kappa shape index (κ1) is 16.5. The Hall–Kier alpha value is -0.840. The number of nitrogens with zero attached hydrogens (tertiary/aromatic N) is 1. The van der Waals surface area contributed by atoms with Crippen molar-refractivity contribution in [1.82, 2.24) is 10.3 Å². The lowest BCUT2D eigenvalue weighted by atomic mass is 10.1. The van der Waals surface area contributed by atoms with Gasteiger partial charge < -0.3 is 5.32 Å². The average molecular weight is 365 g/mol. The van der Waals surface area contributed by atoms with Crippen molar-refractivity contribution in [3.05, 3.63) is 58.8 Å². The first-order chi connectivity index (χ1) is 10.3. The standard InChI is InChI=1S/C17H21BrN2S/c1-2-10-19-16(12-15-5-3-4-11-20-15)13-21-17-8-6-14(18)7-9-17/h3-9,11,16,19H,2,10,12-13H2,1H3. The molecule has 0 aliphatic heterocycles. The molecule has 0 amide bonds. The highest BCUT2D eigenvalue weighted by Crippen LogP contribution is 2.22. The summed E-state index contributed by atoms with van der Waals surface area (Å²) >= 11 is 5.37. The van der Waals surface area contributed by atoms with Gasteiger partial charge in [-0.25, -0.2) is 0 Å². The van der Waals surface area contributed by atoms with E-state index in [0.29, 0.717) is 6.04 Å². The minimum Gasteiger partial charge on any atom is -0.313 e. The predicted octanol–water partition coefficient (Wildman–Crippen LogP) is 4.55. The lowest BCUT2D eigenvalue weighted by Gasteiger charge is -2.18. The summed E-state index contributed by atoms with van der Waals surface area (Å²) in [6, 6.07) is 15.1. The number of rotatable bonds is 8. The highest BCUT2D eigenvalue weighted by Gasteiger charge is 2.10. The summed E-state index contributed by atoms with van der Waals surface area (Å²) < 4.78 is 1.13. The second-order valence-corrected chi connectivity index (χ2v) is 6.95. The first-order valence-corrected chi connectivity index (χ1v) is 9.07. The summed E-state index contributed by atoms with van der Waals surface area (Å²) in [5.74, 6) is 1.05. The maximum atomic E-state index is 4.44. The molecule has 1 aromatic heterocycles. The van der Waals surface area contributed by atoms with E-state index in [2.05, 4.69) is 69.6 Å². The van der Waals surface area contributed by atoms with Gasteiger partial charge in [0, 0.05) is 39.5 Å². The number of pyridine rings is 1. The van der Waals surface area contributed by atoms with Crippen molar-refractivity contribution in [3.8, 4) is 0 Å². The highest BCUT2D eigenvalue weighted by molar-refractivity contribution is 9.10. The Balaban J connectivity index is 1.91. The van der Waals surface area contributed by atoms with Crippen LogP contribution in [-0.4, -0.2) is 23.3 Å². The van der Waals surface area contributed by atoms with Crippen molar-refractivity contribution < 1.29 is 0 Å². The Morgan fingerprint density at radius 2 is 2.00 bits per heavy atom. The molecule has 4 heteroatoms. The summed E-state index contributed by atoms with van der Waals surface area (Å²) in [7, 11) is 0. The molecule has 0 saturated carbocycles. The molecule has 0 spiro atoms. The van der Waals surface area contributed by atoms with E-state index in [-0.39, 0.29) is 0 Å². The normalized spacial score (nSPS) is 12.3. The molecule has 1 heterocycles. The SMILES string of the molecule is CCCNC(CSc1ccc(Br)cc1)Cc1ccccn1. The summed E-state index contributed by atoms with van der Waals surface area (Å²) in [5.41, 5.74) is 1.16. The number of aromatic nitrogens is 1. The third-order valence-corrected chi connectivity index (χ3v) is 4.83. The van der Waals surface area contributed by atoms with E-state index < -0.39 is 0 Å². The number of nitrogens with one attached hydrogen (secondary N) is 1. The van der Waals surface area contributed by atoms with Crippen LogP contribution < -0.4 is 5.32 Å². The summed E-state index contributed by atoms with van der Waals surface area (Å²) in [4.78, 5) is 5.75. The van der Waals surface area contributed by atoms with Gasteiger partial charge in [0.15, 0.2) is 0 Å². The van der Waals surface area contributed by atoms with Crippen LogP contribution in [0.25, 0.3) is 0 Å². The molecule has 1 unspecified atom stereocenters. The molecule has 112 valence electrons. The predicted molar refractivity (Wildman–Crippen MR) is 94.9 cm³/mol. The fourth-order valence-corrected chi connectivity index (χ4v) is 3.26. The van der Waals surface area contributed by atoms with Gasteiger partial charge >= 0.3 is 0 Å². The third-order valence-electron chi connectivity index (χ3n) is 3.13. The molecule has 0 fully saturated rings. The molecule has 2 aromatic rings. The van der Waals surface area contributed by atoms with Gasteiger partial charge in [-0.3, -0.25) is 4.98 Å². The van der Waals surface area contributed by atoms with Crippen LogP contribution in [0.5, 0.6) is 0 Å². The van der Waals surface area contributed by atoms with Crippen LogP contribution in [0.4, 0.5) is 0 Å². The van der Waals surface area contributed by atoms with Crippen LogP contribution >= 0.6 is 27.7 Å². The zero-order valence-corrected chi connectivity index (χ0v) is 14.7. The third kappa shape index (κ3) is 6.20. The summed E-state index contributed by atoms with van der Waals surface area (Å²) in [5, 5.41) is 3.63. The Kier molecular flexibility index (Phi) is 7.27. The van der Waals surface area contributed by atoms with Crippen molar-refractivity contribution in [2.24, 2.45) is 0 Å². The van der Waals surface area contributed by atoms with E-state index >= 15 is 0 Å². The molecule has 1 N–H and O–H groups in total. The van der Waals surface area contributed by atoms with Gasteiger partial charge in [0.2, 0.25) is 0 Å². The highest BCUT2D eigenvalue weighted by atomic mass is 79.9. The van der Waals surface area contributed by atoms with Gasteiger partial charge in [0.05, 0.1) is 0 Å². The second kappa shape index (κ2) is 9.23. The number of benzene rings is 1. The van der Waals surface area contributed by atoms with E-state index in [9.17, 15) is 0 Å². The zero-order chi connectivity index (χ0) is 14.9. The first-order valence-electron chi connectivity index (χ1n) is 7.29. The van der Waals surface area contributed by atoms with Crippen molar-refractivity contribution in [2.45, 2.75) is 30.7 Å². The minimum atomic E-state index is 0.452. The van der Waals surface area contributed by atoms with Crippen LogP contribution in [-0.2, 0) is 6.42 Å². The monoisotopic (exact) mass is 364 g/mol. The van der Waals surface area contributed by atoms with Gasteiger partial charge in [-0.1, -0.05) is 28.9 Å². The lowest BCUT2D eigenvalue weighted by molar-refractivity contribution is 0.545. The van der Waals surface area contributed by atoms with Crippen molar-refractivity contribution in [3.63, 3.8) is 0 Å². The molecule has 0 radical (unpaired) electrons. The molecule has 21 heavy (non-hydrogen) atoms. The van der Waals surface area contributed by atoms with E-state index in [0.717, 1.165) is 35.3 Å². The molecule has 2 rings (SSSR count). The summed E-state index contributed by atoms with van der Waals surface area (Å²) in [6.45, 7) is 3.26.